The quantitative estimate of drug-likeness (QED) is 0.858. The van der Waals surface area contributed by atoms with Crippen molar-refractivity contribution in [1.82, 2.24) is 15.1 Å². The molecule has 6 nitrogen and oxygen atoms in total. The molecule has 0 bridgehead atoms. The molecule has 0 aromatic heterocycles. The van der Waals surface area contributed by atoms with Gasteiger partial charge in [0, 0.05) is 44.5 Å². The van der Waals surface area contributed by atoms with E-state index >= 15 is 0 Å². The Balaban J connectivity index is 1.30. The highest BCUT2D eigenvalue weighted by Crippen LogP contribution is 2.24. The summed E-state index contributed by atoms with van der Waals surface area (Å²) >= 11 is 0. The van der Waals surface area contributed by atoms with Crippen LogP contribution >= 0.6 is 0 Å². The van der Waals surface area contributed by atoms with Gasteiger partial charge in [-0.25, -0.2) is 0 Å². The lowest BCUT2D eigenvalue weighted by atomic mass is 10.0. The van der Waals surface area contributed by atoms with E-state index in [1.54, 1.807) is 0 Å². The molecule has 6 heteroatoms. The van der Waals surface area contributed by atoms with E-state index in [2.05, 4.69) is 15.1 Å². The third-order valence-electron chi connectivity index (χ3n) is 5.64. The van der Waals surface area contributed by atoms with E-state index in [1.165, 1.54) is 0 Å². The lowest BCUT2D eigenvalue weighted by molar-refractivity contribution is -0.127. The molecule has 1 N–H and O–H groups in total. The Morgan fingerprint density at radius 1 is 1.00 bits per heavy atom. The van der Waals surface area contributed by atoms with Crippen molar-refractivity contribution in [2.75, 3.05) is 44.2 Å². The fraction of sp³-hybridized carbons (Fsp3) is 0.600. The third-order valence-corrected chi connectivity index (χ3v) is 5.64. The molecule has 0 spiro atoms. The van der Waals surface area contributed by atoms with Crippen molar-refractivity contribution >= 4 is 17.5 Å². The van der Waals surface area contributed by atoms with Crippen molar-refractivity contribution < 1.29 is 9.59 Å². The molecule has 1 atom stereocenters. The van der Waals surface area contributed by atoms with Gasteiger partial charge in [0.1, 0.15) is 0 Å². The first-order chi connectivity index (χ1) is 12.7. The summed E-state index contributed by atoms with van der Waals surface area (Å²) in [7, 11) is 0. The van der Waals surface area contributed by atoms with Gasteiger partial charge in [-0.2, -0.15) is 0 Å². The van der Waals surface area contributed by atoms with Gasteiger partial charge in [-0.05, 0) is 37.8 Å². The van der Waals surface area contributed by atoms with Gasteiger partial charge in [0.05, 0.1) is 12.6 Å². The Morgan fingerprint density at radius 3 is 2.42 bits per heavy atom. The molecule has 2 heterocycles. The maximum Gasteiger partial charge on any atom is 0.244 e. The van der Waals surface area contributed by atoms with Crippen LogP contribution in [0.15, 0.2) is 30.3 Å². The molecule has 3 fully saturated rings. The number of rotatable bonds is 5. The molecule has 140 valence electrons. The Hall–Kier alpha value is -1.92. The summed E-state index contributed by atoms with van der Waals surface area (Å²) in [6, 6.07) is 10.4. The smallest absolute Gasteiger partial charge is 0.244 e. The molecular weight excluding hydrogens is 328 g/mol. The van der Waals surface area contributed by atoms with Gasteiger partial charge in [-0.15, -0.1) is 0 Å². The number of carbonyl (C=O) groups is 2. The summed E-state index contributed by atoms with van der Waals surface area (Å²) < 4.78 is 0. The normalized spacial score (nSPS) is 25.3. The molecule has 1 aromatic carbocycles. The fourth-order valence-corrected chi connectivity index (χ4v) is 4.00. The van der Waals surface area contributed by atoms with Crippen LogP contribution in [0, 0.1) is 0 Å². The van der Waals surface area contributed by atoms with Crippen LogP contribution in [-0.2, 0) is 9.59 Å². The summed E-state index contributed by atoms with van der Waals surface area (Å²) in [6.07, 6.45) is 4.22. The predicted molar refractivity (Wildman–Crippen MR) is 101 cm³/mol. The topological polar surface area (TPSA) is 55.9 Å². The van der Waals surface area contributed by atoms with Gasteiger partial charge < -0.3 is 10.2 Å². The Bertz CT molecular complexity index is 638. The van der Waals surface area contributed by atoms with Crippen LogP contribution in [0.3, 0.4) is 0 Å². The van der Waals surface area contributed by atoms with Crippen LogP contribution in [0.25, 0.3) is 0 Å². The van der Waals surface area contributed by atoms with Gasteiger partial charge >= 0.3 is 0 Å². The number of amides is 2. The zero-order valence-corrected chi connectivity index (χ0v) is 15.3. The van der Waals surface area contributed by atoms with Crippen molar-refractivity contribution in [3.63, 3.8) is 0 Å². The molecule has 0 unspecified atom stereocenters. The van der Waals surface area contributed by atoms with Crippen molar-refractivity contribution in [3.05, 3.63) is 30.3 Å². The summed E-state index contributed by atoms with van der Waals surface area (Å²) in [5, 5.41) is 3.05. The standard InChI is InChI=1S/C20H28N4O2/c25-19(21-16-8-9-16)15-22-11-13-23(14-12-22)18-7-4-10-24(20(18)26)17-5-2-1-3-6-17/h1-3,5-6,16,18H,4,7-15H2,(H,21,25)/t18-/m1/s1. The molecule has 1 saturated carbocycles. The monoisotopic (exact) mass is 356 g/mol. The number of carbonyl (C=O) groups excluding carboxylic acids is 2. The second-order valence-electron chi connectivity index (χ2n) is 7.64. The minimum absolute atomic E-state index is 0.0219. The molecule has 2 amide bonds. The molecule has 1 aromatic rings. The van der Waals surface area contributed by atoms with E-state index in [4.69, 9.17) is 0 Å². The summed E-state index contributed by atoms with van der Waals surface area (Å²) in [6.45, 7) is 4.71. The van der Waals surface area contributed by atoms with Gasteiger partial charge in [0.2, 0.25) is 11.8 Å². The number of piperidine rings is 1. The number of para-hydroxylation sites is 1. The van der Waals surface area contributed by atoms with E-state index in [-0.39, 0.29) is 17.9 Å². The second kappa shape index (κ2) is 7.76. The van der Waals surface area contributed by atoms with Crippen molar-refractivity contribution in [2.24, 2.45) is 0 Å². The first kappa shape index (κ1) is 17.5. The van der Waals surface area contributed by atoms with Crippen LogP contribution in [0.4, 0.5) is 5.69 Å². The summed E-state index contributed by atoms with van der Waals surface area (Å²) in [5.41, 5.74) is 0.998. The van der Waals surface area contributed by atoms with E-state index in [1.807, 2.05) is 35.2 Å². The molecule has 26 heavy (non-hydrogen) atoms. The van der Waals surface area contributed by atoms with E-state index in [0.717, 1.165) is 64.1 Å². The summed E-state index contributed by atoms with van der Waals surface area (Å²) in [4.78, 5) is 31.4. The van der Waals surface area contributed by atoms with Crippen LogP contribution in [0.5, 0.6) is 0 Å². The van der Waals surface area contributed by atoms with Crippen LogP contribution in [-0.4, -0.2) is 73.0 Å². The highest BCUT2D eigenvalue weighted by molar-refractivity contribution is 5.97. The average molecular weight is 356 g/mol. The van der Waals surface area contributed by atoms with Gasteiger partial charge in [0.25, 0.3) is 0 Å². The number of hydrogen-bond acceptors (Lipinski definition) is 4. The lowest BCUT2D eigenvalue weighted by Gasteiger charge is -2.42. The van der Waals surface area contributed by atoms with E-state index < -0.39 is 0 Å². The minimum Gasteiger partial charge on any atom is -0.352 e. The first-order valence-electron chi connectivity index (χ1n) is 9.83. The number of piperazine rings is 1. The van der Waals surface area contributed by atoms with Crippen LogP contribution in [0.2, 0.25) is 0 Å². The van der Waals surface area contributed by atoms with Gasteiger partial charge in [0.15, 0.2) is 0 Å². The third kappa shape index (κ3) is 4.07. The minimum atomic E-state index is -0.0219. The van der Waals surface area contributed by atoms with Crippen molar-refractivity contribution in [3.8, 4) is 0 Å². The van der Waals surface area contributed by atoms with Gasteiger partial charge in [-0.3, -0.25) is 19.4 Å². The largest absolute Gasteiger partial charge is 0.352 e. The molecular formula is C20H28N4O2. The highest BCUT2D eigenvalue weighted by atomic mass is 16.2. The molecule has 1 aliphatic carbocycles. The number of anilines is 1. The zero-order valence-electron chi connectivity index (χ0n) is 15.3. The number of nitrogens with zero attached hydrogens (tertiary/aromatic N) is 3. The second-order valence-corrected chi connectivity index (χ2v) is 7.64. The summed E-state index contributed by atoms with van der Waals surface area (Å²) in [5.74, 6) is 0.368. The zero-order chi connectivity index (χ0) is 17.9. The first-order valence-corrected chi connectivity index (χ1v) is 9.83. The molecule has 0 radical (unpaired) electrons. The van der Waals surface area contributed by atoms with Gasteiger partial charge in [-0.1, -0.05) is 18.2 Å². The molecule has 3 aliphatic rings. The number of nitrogens with one attached hydrogen (secondary N) is 1. The maximum atomic E-state index is 13.0. The Morgan fingerprint density at radius 2 is 1.73 bits per heavy atom. The van der Waals surface area contributed by atoms with Crippen LogP contribution in [0.1, 0.15) is 25.7 Å². The van der Waals surface area contributed by atoms with Crippen LogP contribution < -0.4 is 10.2 Å². The average Bonchev–Trinajstić information content (AvgIpc) is 3.47. The fourth-order valence-electron chi connectivity index (χ4n) is 4.00. The molecule has 2 saturated heterocycles. The molecule has 2 aliphatic heterocycles. The van der Waals surface area contributed by atoms with Crippen molar-refractivity contribution in [2.45, 2.75) is 37.8 Å². The SMILES string of the molecule is O=C(CN1CCN([C@@H]2CCCN(c3ccccc3)C2=O)CC1)NC1CC1. The molecule has 4 rings (SSSR count). The Kier molecular flexibility index (Phi) is 5.22. The maximum absolute atomic E-state index is 13.0. The Labute approximate surface area is 155 Å². The van der Waals surface area contributed by atoms with E-state index in [9.17, 15) is 9.59 Å². The number of hydrogen-bond donors (Lipinski definition) is 1. The predicted octanol–water partition coefficient (Wildman–Crippen LogP) is 1.08. The highest BCUT2D eigenvalue weighted by Gasteiger charge is 2.35. The van der Waals surface area contributed by atoms with E-state index in [0.29, 0.717) is 12.6 Å². The number of benzene rings is 1. The van der Waals surface area contributed by atoms with Crippen molar-refractivity contribution in [1.29, 1.82) is 0 Å². The lowest BCUT2D eigenvalue weighted by Crippen LogP contribution is -2.58.